The molecule has 104 valence electrons. The summed E-state index contributed by atoms with van der Waals surface area (Å²) in [4.78, 5) is 0. The third kappa shape index (κ3) is 2.77. The van der Waals surface area contributed by atoms with Gasteiger partial charge in [0.1, 0.15) is 11.9 Å². The zero-order valence-electron chi connectivity index (χ0n) is 11.7. The lowest BCUT2D eigenvalue weighted by Crippen LogP contribution is -2.35. The van der Waals surface area contributed by atoms with Crippen LogP contribution in [0.25, 0.3) is 0 Å². The van der Waals surface area contributed by atoms with Crippen LogP contribution >= 0.6 is 0 Å². The third-order valence-electron chi connectivity index (χ3n) is 4.26. The summed E-state index contributed by atoms with van der Waals surface area (Å²) in [5, 5.41) is 3.62. The molecule has 2 atom stereocenters. The van der Waals surface area contributed by atoms with Crippen molar-refractivity contribution in [2.45, 2.75) is 44.2 Å². The van der Waals surface area contributed by atoms with E-state index in [2.05, 4.69) is 36.5 Å². The van der Waals surface area contributed by atoms with Crippen LogP contribution in [0.1, 0.15) is 38.2 Å². The molecule has 3 heteroatoms. The molecule has 0 spiro atoms. The van der Waals surface area contributed by atoms with Gasteiger partial charge in [0.15, 0.2) is 0 Å². The smallest absolute Gasteiger partial charge is 0.124 e. The van der Waals surface area contributed by atoms with E-state index in [4.69, 9.17) is 9.47 Å². The fourth-order valence-electron chi connectivity index (χ4n) is 3.13. The van der Waals surface area contributed by atoms with Gasteiger partial charge in [-0.25, -0.2) is 0 Å². The van der Waals surface area contributed by atoms with E-state index < -0.39 is 0 Å². The first-order chi connectivity index (χ1) is 9.28. The lowest BCUT2D eigenvalue weighted by atomic mass is 9.90. The third-order valence-corrected chi connectivity index (χ3v) is 4.26. The Morgan fingerprint density at radius 3 is 2.95 bits per heavy atom. The quantitative estimate of drug-likeness (QED) is 0.907. The predicted octanol–water partition coefficient (Wildman–Crippen LogP) is 2.84. The molecule has 2 fully saturated rings. The minimum atomic E-state index is 0.0616. The van der Waals surface area contributed by atoms with Gasteiger partial charge < -0.3 is 14.8 Å². The van der Waals surface area contributed by atoms with Gasteiger partial charge in [0.2, 0.25) is 0 Å². The van der Waals surface area contributed by atoms with Crippen molar-refractivity contribution < 1.29 is 9.47 Å². The molecule has 3 rings (SSSR count). The molecule has 0 radical (unpaired) electrons. The number of nitrogens with one attached hydrogen (secondary N) is 1. The van der Waals surface area contributed by atoms with Crippen LogP contribution in [0.15, 0.2) is 24.3 Å². The Balaban J connectivity index is 1.80. The van der Waals surface area contributed by atoms with Crippen LogP contribution < -0.4 is 10.1 Å². The Kier molecular flexibility index (Phi) is 3.76. The Labute approximate surface area is 115 Å². The summed E-state index contributed by atoms with van der Waals surface area (Å²) in [5.74, 6) is 1.02. The number of rotatable bonds is 3. The molecule has 0 amide bonds. The average molecular weight is 261 g/mol. The first-order valence-electron chi connectivity index (χ1n) is 7.37. The van der Waals surface area contributed by atoms with Crippen LogP contribution in [-0.4, -0.2) is 25.9 Å². The van der Waals surface area contributed by atoms with Gasteiger partial charge >= 0.3 is 0 Å². The number of ether oxygens (including phenoxy) is 2. The van der Waals surface area contributed by atoms with E-state index >= 15 is 0 Å². The van der Waals surface area contributed by atoms with Crippen molar-refractivity contribution in [1.29, 1.82) is 0 Å². The normalized spacial score (nSPS) is 31.3. The fourth-order valence-corrected chi connectivity index (χ4v) is 3.13. The lowest BCUT2D eigenvalue weighted by Gasteiger charge is -2.30. The molecule has 2 saturated heterocycles. The molecule has 19 heavy (non-hydrogen) atoms. The molecule has 2 aliphatic rings. The van der Waals surface area contributed by atoms with Gasteiger partial charge in [-0.05, 0) is 45.2 Å². The highest BCUT2D eigenvalue weighted by Gasteiger charge is 2.33. The second-order valence-corrected chi connectivity index (χ2v) is 5.82. The molecule has 0 aliphatic carbocycles. The van der Waals surface area contributed by atoms with E-state index in [1.165, 1.54) is 18.4 Å². The van der Waals surface area contributed by atoms with Crippen molar-refractivity contribution in [2.75, 3.05) is 19.8 Å². The molecule has 0 saturated carbocycles. The highest BCUT2D eigenvalue weighted by atomic mass is 16.5. The molecular weight excluding hydrogens is 238 g/mol. The molecule has 1 aromatic carbocycles. The van der Waals surface area contributed by atoms with E-state index in [0.717, 1.165) is 38.3 Å². The molecule has 1 N–H and O–H groups in total. The fraction of sp³-hybridized carbons (Fsp3) is 0.625. The topological polar surface area (TPSA) is 30.5 Å². The second kappa shape index (κ2) is 5.51. The Bertz CT molecular complexity index is 421. The molecule has 2 unspecified atom stereocenters. The van der Waals surface area contributed by atoms with Crippen LogP contribution in [-0.2, 0) is 10.3 Å². The molecule has 2 heterocycles. The second-order valence-electron chi connectivity index (χ2n) is 5.82. The highest BCUT2D eigenvalue weighted by molar-refractivity contribution is 5.39. The van der Waals surface area contributed by atoms with Crippen molar-refractivity contribution in [3.8, 4) is 5.75 Å². The Morgan fingerprint density at radius 1 is 1.32 bits per heavy atom. The molecule has 0 aromatic heterocycles. The van der Waals surface area contributed by atoms with Gasteiger partial charge in [0, 0.05) is 17.7 Å². The zero-order chi connectivity index (χ0) is 13.1. The molecule has 2 aliphatic heterocycles. The van der Waals surface area contributed by atoms with Crippen LogP contribution in [0.5, 0.6) is 5.75 Å². The van der Waals surface area contributed by atoms with Crippen LogP contribution in [0, 0.1) is 0 Å². The van der Waals surface area contributed by atoms with Gasteiger partial charge in [-0.3, -0.25) is 0 Å². The van der Waals surface area contributed by atoms with E-state index in [1.807, 2.05) is 0 Å². The summed E-state index contributed by atoms with van der Waals surface area (Å²) >= 11 is 0. The van der Waals surface area contributed by atoms with E-state index in [9.17, 15) is 0 Å². The molecule has 3 nitrogen and oxygen atoms in total. The Hall–Kier alpha value is -1.06. The van der Waals surface area contributed by atoms with Gasteiger partial charge in [0.25, 0.3) is 0 Å². The first kappa shape index (κ1) is 12.9. The monoisotopic (exact) mass is 261 g/mol. The molecular formula is C16H23NO2. The standard InChI is InChI=1S/C16H23NO2/c1-16(9-5-10-17-16)14-7-2-3-8-15(14)19-13-6-4-11-18-12-13/h2-3,7-8,13,17H,4-6,9-12H2,1H3. The van der Waals surface area contributed by atoms with Gasteiger partial charge in [-0.15, -0.1) is 0 Å². The summed E-state index contributed by atoms with van der Waals surface area (Å²) in [6.45, 7) is 4.97. The zero-order valence-corrected chi connectivity index (χ0v) is 11.7. The van der Waals surface area contributed by atoms with E-state index in [0.29, 0.717) is 0 Å². The summed E-state index contributed by atoms with van der Waals surface area (Å²) in [6, 6.07) is 8.44. The number of benzene rings is 1. The van der Waals surface area contributed by atoms with Crippen molar-refractivity contribution in [2.24, 2.45) is 0 Å². The maximum Gasteiger partial charge on any atom is 0.124 e. The predicted molar refractivity (Wildman–Crippen MR) is 75.5 cm³/mol. The average Bonchev–Trinajstić information content (AvgIpc) is 2.88. The number of para-hydroxylation sites is 1. The SMILES string of the molecule is CC1(c2ccccc2OC2CCCOC2)CCCN1. The minimum absolute atomic E-state index is 0.0616. The number of hydrogen-bond acceptors (Lipinski definition) is 3. The van der Waals surface area contributed by atoms with E-state index in [1.54, 1.807) is 0 Å². The van der Waals surface area contributed by atoms with Crippen LogP contribution in [0.2, 0.25) is 0 Å². The van der Waals surface area contributed by atoms with Crippen molar-refractivity contribution in [1.82, 2.24) is 5.32 Å². The maximum absolute atomic E-state index is 6.20. The lowest BCUT2D eigenvalue weighted by molar-refractivity contribution is 0.00653. The van der Waals surface area contributed by atoms with Crippen LogP contribution in [0.3, 0.4) is 0 Å². The summed E-state index contributed by atoms with van der Waals surface area (Å²) in [7, 11) is 0. The van der Waals surface area contributed by atoms with Crippen molar-refractivity contribution >= 4 is 0 Å². The van der Waals surface area contributed by atoms with Gasteiger partial charge in [-0.1, -0.05) is 18.2 Å². The van der Waals surface area contributed by atoms with E-state index in [-0.39, 0.29) is 11.6 Å². The van der Waals surface area contributed by atoms with Crippen LogP contribution in [0.4, 0.5) is 0 Å². The summed E-state index contributed by atoms with van der Waals surface area (Å²) in [5.41, 5.74) is 1.35. The number of hydrogen-bond donors (Lipinski definition) is 1. The largest absolute Gasteiger partial charge is 0.488 e. The Morgan fingerprint density at radius 2 is 2.21 bits per heavy atom. The molecule has 0 bridgehead atoms. The van der Waals surface area contributed by atoms with Gasteiger partial charge in [-0.2, -0.15) is 0 Å². The highest BCUT2D eigenvalue weighted by Crippen LogP contribution is 2.36. The van der Waals surface area contributed by atoms with Crippen molar-refractivity contribution in [3.05, 3.63) is 29.8 Å². The van der Waals surface area contributed by atoms with Gasteiger partial charge in [0.05, 0.1) is 6.61 Å². The molecule has 1 aromatic rings. The summed E-state index contributed by atoms with van der Waals surface area (Å²) in [6.07, 6.45) is 4.81. The summed E-state index contributed by atoms with van der Waals surface area (Å²) < 4.78 is 11.7. The maximum atomic E-state index is 6.20. The minimum Gasteiger partial charge on any atom is -0.488 e. The van der Waals surface area contributed by atoms with Crippen molar-refractivity contribution in [3.63, 3.8) is 0 Å². The first-order valence-corrected chi connectivity index (χ1v) is 7.37.